The molecule has 0 bridgehead atoms. The van der Waals surface area contributed by atoms with Crippen molar-refractivity contribution in [3.05, 3.63) is 29.6 Å². The van der Waals surface area contributed by atoms with Gasteiger partial charge in [0.1, 0.15) is 5.65 Å². The van der Waals surface area contributed by atoms with Gasteiger partial charge in [0, 0.05) is 30.4 Å². The molecule has 0 radical (unpaired) electrons. The third kappa shape index (κ3) is 3.24. The lowest BCUT2D eigenvalue weighted by atomic mass is 9.97. The molecule has 8 heteroatoms. The molecular formula is C16H18F3N3O2. The molecule has 0 spiro atoms. The minimum atomic E-state index is -4.19. The van der Waals surface area contributed by atoms with Crippen LogP contribution in [0.2, 0.25) is 0 Å². The van der Waals surface area contributed by atoms with Gasteiger partial charge in [-0.2, -0.15) is 13.2 Å². The van der Waals surface area contributed by atoms with E-state index < -0.39 is 18.1 Å². The van der Waals surface area contributed by atoms with Crippen LogP contribution in [0.1, 0.15) is 28.9 Å². The fourth-order valence-corrected chi connectivity index (χ4v) is 3.22. The molecule has 3 heterocycles. The van der Waals surface area contributed by atoms with Crippen molar-refractivity contribution >= 4 is 17.0 Å². The van der Waals surface area contributed by atoms with Crippen molar-refractivity contribution < 1.29 is 22.7 Å². The second-order valence-electron chi connectivity index (χ2n) is 5.99. The maximum Gasteiger partial charge on any atom is 0.393 e. The van der Waals surface area contributed by atoms with Crippen LogP contribution >= 0.6 is 0 Å². The molecule has 1 N–H and O–H groups in total. The number of esters is 1. The standard InChI is InChI=1S/C16H18F3N3O2/c1-24-15(23)13-11-5-2-6-20-14(11)21-12(13)9-22-7-3-4-10(8-22)16(17,18)19/h2,5-6,10H,3-4,7-9H2,1H3,(H,20,21)/t10-/m0/s1. The SMILES string of the molecule is COC(=O)c1c(CN2CCC[C@H](C(F)(F)F)C2)[nH]c2ncccc12. The molecule has 1 saturated heterocycles. The number of hydrogen-bond acceptors (Lipinski definition) is 4. The van der Waals surface area contributed by atoms with Crippen LogP contribution in [0, 0.1) is 5.92 Å². The van der Waals surface area contributed by atoms with Crippen LogP contribution in [0.25, 0.3) is 11.0 Å². The molecule has 2 aromatic rings. The minimum Gasteiger partial charge on any atom is -0.465 e. The van der Waals surface area contributed by atoms with Crippen molar-refractivity contribution in [2.24, 2.45) is 5.92 Å². The van der Waals surface area contributed by atoms with Crippen molar-refractivity contribution in [3.63, 3.8) is 0 Å². The molecular weight excluding hydrogens is 323 g/mol. The number of carbonyl (C=O) groups excluding carboxylic acids is 1. The van der Waals surface area contributed by atoms with Crippen molar-refractivity contribution in [1.82, 2.24) is 14.9 Å². The average molecular weight is 341 g/mol. The van der Waals surface area contributed by atoms with Gasteiger partial charge >= 0.3 is 12.1 Å². The first kappa shape index (κ1) is 16.8. The van der Waals surface area contributed by atoms with E-state index in [1.54, 1.807) is 23.2 Å². The molecule has 0 amide bonds. The smallest absolute Gasteiger partial charge is 0.393 e. The van der Waals surface area contributed by atoms with Gasteiger partial charge in [0.15, 0.2) is 0 Å². The topological polar surface area (TPSA) is 58.2 Å². The van der Waals surface area contributed by atoms with Gasteiger partial charge in [-0.05, 0) is 31.5 Å². The van der Waals surface area contributed by atoms with E-state index in [2.05, 4.69) is 9.97 Å². The van der Waals surface area contributed by atoms with Gasteiger partial charge in [-0.15, -0.1) is 0 Å². The third-order valence-corrected chi connectivity index (χ3v) is 4.39. The number of ether oxygens (including phenoxy) is 1. The quantitative estimate of drug-likeness (QED) is 0.872. The van der Waals surface area contributed by atoms with E-state index in [1.165, 1.54) is 7.11 Å². The molecule has 1 atom stereocenters. The highest BCUT2D eigenvalue weighted by Crippen LogP contribution is 2.34. The second kappa shape index (κ2) is 6.43. The number of likely N-dealkylation sites (tertiary alicyclic amines) is 1. The monoisotopic (exact) mass is 341 g/mol. The highest BCUT2D eigenvalue weighted by molar-refractivity contribution is 6.04. The molecule has 5 nitrogen and oxygen atoms in total. The summed E-state index contributed by atoms with van der Waals surface area (Å²) in [5.41, 5.74) is 1.41. The van der Waals surface area contributed by atoms with Crippen molar-refractivity contribution in [1.29, 1.82) is 0 Å². The number of halogens is 3. The van der Waals surface area contributed by atoms with E-state index in [0.29, 0.717) is 35.3 Å². The molecule has 0 aromatic carbocycles. The van der Waals surface area contributed by atoms with Gasteiger partial charge in [-0.1, -0.05) is 0 Å². The van der Waals surface area contributed by atoms with Crippen molar-refractivity contribution in [2.75, 3.05) is 20.2 Å². The Hall–Kier alpha value is -2.09. The Balaban J connectivity index is 1.88. The van der Waals surface area contributed by atoms with Crippen LogP contribution in [0.5, 0.6) is 0 Å². The second-order valence-corrected chi connectivity index (χ2v) is 5.99. The number of rotatable bonds is 3. The number of aromatic nitrogens is 2. The third-order valence-electron chi connectivity index (χ3n) is 4.39. The fourth-order valence-electron chi connectivity index (χ4n) is 3.22. The maximum absolute atomic E-state index is 13.0. The number of alkyl halides is 3. The lowest BCUT2D eigenvalue weighted by Crippen LogP contribution is -2.41. The number of H-pyrrole nitrogens is 1. The number of nitrogens with one attached hydrogen (secondary N) is 1. The van der Waals surface area contributed by atoms with E-state index in [1.807, 2.05) is 0 Å². The summed E-state index contributed by atoms with van der Waals surface area (Å²) in [5.74, 6) is -1.84. The summed E-state index contributed by atoms with van der Waals surface area (Å²) < 4.78 is 43.7. The van der Waals surface area contributed by atoms with Crippen LogP contribution in [0.3, 0.4) is 0 Å². The van der Waals surface area contributed by atoms with Gasteiger partial charge < -0.3 is 9.72 Å². The number of fused-ring (bicyclic) bond motifs is 1. The summed E-state index contributed by atoms with van der Waals surface area (Å²) in [6, 6.07) is 3.44. The fraction of sp³-hybridized carbons (Fsp3) is 0.500. The van der Waals surface area contributed by atoms with Crippen LogP contribution in [0.4, 0.5) is 13.2 Å². The largest absolute Gasteiger partial charge is 0.465 e. The summed E-state index contributed by atoms with van der Waals surface area (Å²) in [6.07, 6.45) is -1.97. The Morgan fingerprint density at radius 1 is 1.50 bits per heavy atom. The number of nitrogens with zero attached hydrogens (tertiary/aromatic N) is 2. The van der Waals surface area contributed by atoms with Gasteiger partial charge in [0.25, 0.3) is 0 Å². The summed E-state index contributed by atoms with van der Waals surface area (Å²) in [5, 5.41) is 0.615. The normalized spacial score (nSPS) is 19.6. The lowest BCUT2D eigenvalue weighted by molar-refractivity contribution is -0.187. The highest BCUT2D eigenvalue weighted by atomic mass is 19.4. The van der Waals surface area contributed by atoms with E-state index in [9.17, 15) is 18.0 Å². The molecule has 130 valence electrons. The van der Waals surface area contributed by atoms with E-state index in [4.69, 9.17) is 4.74 Å². The minimum absolute atomic E-state index is 0.0626. The van der Waals surface area contributed by atoms with E-state index >= 15 is 0 Å². The Morgan fingerprint density at radius 2 is 2.29 bits per heavy atom. The lowest BCUT2D eigenvalue weighted by Gasteiger charge is -2.33. The number of aromatic amines is 1. The van der Waals surface area contributed by atoms with Crippen LogP contribution < -0.4 is 0 Å². The van der Waals surface area contributed by atoms with Crippen LogP contribution in [0.15, 0.2) is 18.3 Å². The predicted octanol–water partition coefficient (Wildman–Crippen LogP) is 3.12. The van der Waals surface area contributed by atoms with Crippen LogP contribution in [-0.2, 0) is 11.3 Å². The molecule has 2 aromatic heterocycles. The van der Waals surface area contributed by atoms with Gasteiger partial charge in [0.2, 0.25) is 0 Å². The molecule has 0 aliphatic carbocycles. The van der Waals surface area contributed by atoms with Gasteiger partial charge in [0.05, 0.1) is 18.6 Å². The summed E-state index contributed by atoms with van der Waals surface area (Å²) in [6.45, 7) is 0.732. The van der Waals surface area contributed by atoms with Crippen molar-refractivity contribution in [2.45, 2.75) is 25.6 Å². The molecule has 24 heavy (non-hydrogen) atoms. The summed E-state index contributed by atoms with van der Waals surface area (Å²) in [4.78, 5) is 21.0. The maximum atomic E-state index is 13.0. The number of piperidine rings is 1. The van der Waals surface area contributed by atoms with Crippen LogP contribution in [-0.4, -0.2) is 47.2 Å². The number of methoxy groups -OCH3 is 1. The zero-order valence-electron chi connectivity index (χ0n) is 13.2. The zero-order chi connectivity index (χ0) is 17.3. The first-order valence-electron chi connectivity index (χ1n) is 7.73. The molecule has 0 unspecified atom stereocenters. The molecule has 3 rings (SSSR count). The average Bonchev–Trinajstić information content (AvgIpc) is 2.91. The molecule has 1 aliphatic heterocycles. The Morgan fingerprint density at radius 3 is 3.00 bits per heavy atom. The van der Waals surface area contributed by atoms with Gasteiger partial charge in [-0.25, -0.2) is 9.78 Å². The first-order valence-corrected chi connectivity index (χ1v) is 7.73. The Bertz CT molecular complexity index is 742. The molecule has 0 saturated carbocycles. The van der Waals surface area contributed by atoms with E-state index in [-0.39, 0.29) is 19.5 Å². The van der Waals surface area contributed by atoms with E-state index in [0.717, 1.165) is 0 Å². The molecule has 1 aliphatic rings. The summed E-state index contributed by atoms with van der Waals surface area (Å²) in [7, 11) is 1.28. The Kier molecular flexibility index (Phi) is 4.49. The number of hydrogen-bond donors (Lipinski definition) is 1. The van der Waals surface area contributed by atoms with Crippen molar-refractivity contribution in [3.8, 4) is 0 Å². The molecule has 1 fully saturated rings. The predicted molar refractivity (Wildman–Crippen MR) is 81.5 cm³/mol. The summed E-state index contributed by atoms with van der Waals surface area (Å²) >= 11 is 0. The Labute approximate surface area is 136 Å². The highest BCUT2D eigenvalue weighted by Gasteiger charge is 2.41. The zero-order valence-corrected chi connectivity index (χ0v) is 13.2. The number of carbonyl (C=O) groups is 1. The first-order chi connectivity index (χ1) is 11.4. The number of pyridine rings is 1. The van der Waals surface area contributed by atoms with Gasteiger partial charge in [-0.3, -0.25) is 4.90 Å².